The van der Waals surface area contributed by atoms with Gasteiger partial charge in [0.15, 0.2) is 11.5 Å². The van der Waals surface area contributed by atoms with Crippen molar-refractivity contribution in [3.05, 3.63) is 17.7 Å². The molecular formula is C18H26N2O5. The van der Waals surface area contributed by atoms with Crippen molar-refractivity contribution in [2.75, 3.05) is 34.4 Å². The third-order valence-corrected chi connectivity index (χ3v) is 4.40. The van der Waals surface area contributed by atoms with Crippen molar-refractivity contribution in [3.8, 4) is 17.2 Å². The molecule has 1 aliphatic carbocycles. The van der Waals surface area contributed by atoms with Gasteiger partial charge in [-0.25, -0.2) is 0 Å². The molecule has 0 atom stereocenters. The van der Waals surface area contributed by atoms with Gasteiger partial charge in [-0.15, -0.1) is 0 Å². The summed E-state index contributed by atoms with van der Waals surface area (Å²) in [5.74, 6) is 1.18. The Kier molecular flexibility index (Phi) is 6.91. The molecule has 7 heteroatoms. The van der Waals surface area contributed by atoms with E-state index in [0.29, 0.717) is 35.3 Å². The maximum Gasteiger partial charge on any atom is 0.251 e. The maximum atomic E-state index is 12.3. The van der Waals surface area contributed by atoms with E-state index in [1.807, 2.05) is 0 Å². The largest absolute Gasteiger partial charge is 0.493 e. The van der Waals surface area contributed by atoms with Crippen molar-refractivity contribution in [1.82, 2.24) is 10.6 Å². The first kappa shape index (κ1) is 18.9. The Hall–Kier alpha value is -2.44. The molecule has 25 heavy (non-hydrogen) atoms. The van der Waals surface area contributed by atoms with Gasteiger partial charge in [0.05, 0.1) is 27.9 Å². The number of ether oxygens (including phenoxy) is 3. The van der Waals surface area contributed by atoms with Crippen LogP contribution in [0.4, 0.5) is 0 Å². The summed E-state index contributed by atoms with van der Waals surface area (Å²) in [5, 5.41) is 5.48. The molecule has 2 N–H and O–H groups in total. The lowest BCUT2D eigenvalue weighted by atomic mass is 10.1. The molecule has 1 aliphatic rings. The average molecular weight is 350 g/mol. The summed E-state index contributed by atoms with van der Waals surface area (Å²) in [6.07, 6.45) is 4.80. The molecular weight excluding hydrogens is 324 g/mol. The Balaban J connectivity index is 1.92. The molecule has 2 rings (SSSR count). The highest BCUT2D eigenvalue weighted by Gasteiger charge is 2.18. The highest BCUT2D eigenvalue weighted by Crippen LogP contribution is 2.38. The third-order valence-electron chi connectivity index (χ3n) is 4.40. The van der Waals surface area contributed by atoms with Crippen molar-refractivity contribution in [3.63, 3.8) is 0 Å². The van der Waals surface area contributed by atoms with E-state index in [2.05, 4.69) is 10.6 Å². The monoisotopic (exact) mass is 350 g/mol. The van der Waals surface area contributed by atoms with E-state index in [1.54, 1.807) is 12.1 Å². The zero-order chi connectivity index (χ0) is 18.2. The number of carbonyl (C=O) groups excluding carboxylic acids is 2. The van der Waals surface area contributed by atoms with Gasteiger partial charge in [-0.3, -0.25) is 9.59 Å². The summed E-state index contributed by atoms with van der Waals surface area (Å²) in [7, 11) is 4.46. The van der Waals surface area contributed by atoms with Crippen LogP contribution in [-0.4, -0.2) is 46.2 Å². The highest BCUT2D eigenvalue weighted by atomic mass is 16.5. The molecule has 0 spiro atoms. The van der Waals surface area contributed by atoms with E-state index in [-0.39, 0.29) is 18.4 Å². The van der Waals surface area contributed by atoms with Crippen LogP contribution in [0.25, 0.3) is 0 Å². The molecule has 2 amide bonds. The van der Waals surface area contributed by atoms with Gasteiger partial charge in [0.25, 0.3) is 5.91 Å². The third kappa shape index (κ3) is 5.01. The van der Waals surface area contributed by atoms with E-state index in [4.69, 9.17) is 14.2 Å². The number of rotatable bonds is 8. The summed E-state index contributed by atoms with van der Waals surface area (Å²) in [6, 6.07) is 3.10. The fourth-order valence-electron chi connectivity index (χ4n) is 3.01. The zero-order valence-corrected chi connectivity index (χ0v) is 15.0. The number of nitrogens with one attached hydrogen (secondary N) is 2. The minimum Gasteiger partial charge on any atom is -0.493 e. The van der Waals surface area contributed by atoms with E-state index in [1.165, 1.54) is 34.2 Å². The molecule has 0 unspecified atom stereocenters. The number of carbonyl (C=O) groups is 2. The second-order valence-corrected chi connectivity index (χ2v) is 6.05. The average Bonchev–Trinajstić information content (AvgIpc) is 3.16. The summed E-state index contributed by atoms with van der Waals surface area (Å²) in [5.41, 5.74) is 0.332. The molecule has 1 fully saturated rings. The van der Waals surface area contributed by atoms with Gasteiger partial charge in [0.1, 0.15) is 0 Å². The van der Waals surface area contributed by atoms with Crippen LogP contribution < -0.4 is 24.8 Å². The van der Waals surface area contributed by atoms with Crippen LogP contribution in [0.1, 0.15) is 36.0 Å². The number of methoxy groups -OCH3 is 3. The summed E-state index contributed by atoms with van der Waals surface area (Å²) in [4.78, 5) is 24.2. The fraction of sp³-hybridized carbons (Fsp3) is 0.556. The van der Waals surface area contributed by atoms with Crippen LogP contribution in [-0.2, 0) is 4.79 Å². The van der Waals surface area contributed by atoms with E-state index in [0.717, 1.165) is 12.8 Å². The molecule has 0 saturated heterocycles. The Morgan fingerprint density at radius 1 is 1.00 bits per heavy atom. The van der Waals surface area contributed by atoms with Crippen LogP contribution in [0.2, 0.25) is 0 Å². The van der Waals surface area contributed by atoms with Crippen molar-refractivity contribution < 1.29 is 23.8 Å². The van der Waals surface area contributed by atoms with E-state index < -0.39 is 0 Å². The lowest BCUT2D eigenvalue weighted by Crippen LogP contribution is -2.38. The van der Waals surface area contributed by atoms with Crippen molar-refractivity contribution in [1.29, 1.82) is 0 Å². The first-order valence-corrected chi connectivity index (χ1v) is 8.44. The predicted octanol–water partition coefficient (Wildman–Crippen LogP) is 1.75. The normalized spacial score (nSPS) is 14.0. The summed E-state index contributed by atoms with van der Waals surface area (Å²) >= 11 is 0. The summed E-state index contributed by atoms with van der Waals surface area (Å²) < 4.78 is 15.7. The minimum absolute atomic E-state index is 0.0672. The minimum atomic E-state index is -0.379. The SMILES string of the molecule is COc1cc(C(=O)NCC(=O)NCC2CCCC2)cc(OC)c1OC. The number of hydrogen-bond acceptors (Lipinski definition) is 5. The second kappa shape index (κ2) is 9.15. The molecule has 1 saturated carbocycles. The molecule has 0 heterocycles. The van der Waals surface area contributed by atoms with Crippen molar-refractivity contribution >= 4 is 11.8 Å². The van der Waals surface area contributed by atoms with Crippen molar-refractivity contribution in [2.24, 2.45) is 5.92 Å². The van der Waals surface area contributed by atoms with Crippen LogP contribution in [0.3, 0.4) is 0 Å². The van der Waals surface area contributed by atoms with Crippen molar-refractivity contribution in [2.45, 2.75) is 25.7 Å². The molecule has 0 bridgehead atoms. The van der Waals surface area contributed by atoms with Crippen LogP contribution in [0, 0.1) is 5.92 Å². The summed E-state index contributed by atoms with van der Waals surface area (Å²) in [6.45, 7) is 0.612. The quantitative estimate of drug-likeness (QED) is 0.746. The maximum absolute atomic E-state index is 12.3. The number of hydrogen-bond donors (Lipinski definition) is 2. The molecule has 138 valence electrons. The fourth-order valence-corrected chi connectivity index (χ4v) is 3.01. The van der Waals surface area contributed by atoms with Gasteiger partial charge >= 0.3 is 0 Å². The Labute approximate surface area is 148 Å². The van der Waals surface area contributed by atoms with Gasteiger partial charge in [-0.1, -0.05) is 12.8 Å². The lowest BCUT2D eigenvalue weighted by molar-refractivity contribution is -0.120. The molecule has 0 aliphatic heterocycles. The number of amides is 2. The predicted molar refractivity (Wildman–Crippen MR) is 93.4 cm³/mol. The molecule has 1 aromatic rings. The lowest BCUT2D eigenvalue weighted by Gasteiger charge is -2.14. The first-order valence-electron chi connectivity index (χ1n) is 8.44. The van der Waals surface area contributed by atoms with E-state index in [9.17, 15) is 9.59 Å². The molecule has 0 radical (unpaired) electrons. The zero-order valence-electron chi connectivity index (χ0n) is 15.0. The van der Waals surface area contributed by atoms with E-state index >= 15 is 0 Å². The Morgan fingerprint density at radius 3 is 2.12 bits per heavy atom. The highest BCUT2D eigenvalue weighted by molar-refractivity contribution is 5.97. The smallest absolute Gasteiger partial charge is 0.251 e. The second-order valence-electron chi connectivity index (χ2n) is 6.05. The van der Waals surface area contributed by atoms with Gasteiger partial charge in [-0.2, -0.15) is 0 Å². The first-order chi connectivity index (χ1) is 12.1. The number of benzene rings is 1. The Bertz CT molecular complexity index is 586. The molecule has 7 nitrogen and oxygen atoms in total. The topological polar surface area (TPSA) is 85.9 Å². The standard InChI is InChI=1S/C18H26N2O5/c1-23-14-8-13(9-15(24-2)17(14)25-3)18(22)20-11-16(21)19-10-12-6-4-5-7-12/h8-9,12H,4-7,10-11H2,1-3H3,(H,19,21)(H,20,22). The van der Waals surface area contributed by atoms with Crippen LogP contribution >= 0.6 is 0 Å². The Morgan fingerprint density at radius 2 is 1.60 bits per heavy atom. The van der Waals surface area contributed by atoms with Gasteiger partial charge < -0.3 is 24.8 Å². The van der Waals surface area contributed by atoms with Crippen LogP contribution in [0.15, 0.2) is 12.1 Å². The van der Waals surface area contributed by atoms with Gasteiger partial charge in [0.2, 0.25) is 11.7 Å². The van der Waals surface area contributed by atoms with Crippen LogP contribution in [0.5, 0.6) is 17.2 Å². The molecule has 1 aromatic carbocycles. The van der Waals surface area contributed by atoms with Gasteiger partial charge in [-0.05, 0) is 30.9 Å². The van der Waals surface area contributed by atoms with Gasteiger partial charge in [0, 0.05) is 12.1 Å². The molecule has 0 aromatic heterocycles.